The molecule has 0 spiro atoms. The summed E-state index contributed by atoms with van der Waals surface area (Å²) in [6.07, 6.45) is 0. The van der Waals surface area contributed by atoms with Gasteiger partial charge in [0.2, 0.25) is 5.91 Å². The minimum absolute atomic E-state index is 0.215. The van der Waals surface area contributed by atoms with E-state index < -0.39 is 23.3 Å². The van der Waals surface area contributed by atoms with Crippen LogP contribution in [-0.4, -0.2) is 29.1 Å². The third-order valence-electron chi connectivity index (χ3n) is 2.63. The van der Waals surface area contributed by atoms with E-state index in [1.54, 1.807) is 0 Å². The van der Waals surface area contributed by atoms with E-state index >= 15 is 0 Å². The van der Waals surface area contributed by atoms with Crippen LogP contribution in [0.3, 0.4) is 0 Å². The van der Waals surface area contributed by atoms with Gasteiger partial charge in [-0.2, -0.15) is 0 Å². The molecule has 0 aliphatic heterocycles. The number of carbonyl (C=O) groups is 2. The summed E-state index contributed by atoms with van der Waals surface area (Å²) in [4.78, 5) is 23.5. The van der Waals surface area contributed by atoms with Gasteiger partial charge in [0.1, 0.15) is 11.9 Å². The standard InChI is InChI=1S/C14H19BrFN3O3/c1-14(2,3)18-13(21)12(17-7-11(20)19-22)8-4-5-10(16)9(15)6-8/h4-6,12,17,22H,7H2,1-3H3,(H,18,21)(H,19,20). The van der Waals surface area contributed by atoms with Gasteiger partial charge in [-0.3, -0.25) is 20.1 Å². The van der Waals surface area contributed by atoms with Crippen LogP contribution in [0, 0.1) is 5.82 Å². The Morgan fingerprint density at radius 3 is 2.50 bits per heavy atom. The third-order valence-corrected chi connectivity index (χ3v) is 3.24. The fourth-order valence-corrected chi connectivity index (χ4v) is 2.13. The number of hydrogen-bond donors (Lipinski definition) is 4. The van der Waals surface area contributed by atoms with Crippen molar-refractivity contribution in [3.63, 3.8) is 0 Å². The quantitative estimate of drug-likeness (QED) is 0.465. The number of benzene rings is 1. The van der Waals surface area contributed by atoms with Crippen LogP contribution in [0.1, 0.15) is 32.4 Å². The summed E-state index contributed by atoms with van der Waals surface area (Å²) in [5, 5.41) is 14.0. The van der Waals surface area contributed by atoms with E-state index in [0.29, 0.717) is 5.56 Å². The lowest BCUT2D eigenvalue weighted by molar-refractivity contribution is -0.129. The summed E-state index contributed by atoms with van der Waals surface area (Å²) in [5.74, 6) is -1.50. The predicted molar refractivity (Wildman–Crippen MR) is 82.7 cm³/mol. The van der Waals surface area contributed by atoms with Crippen molar-refractivity contribution in [3.8, 4) is 0 Å². The van der Waals surface area contributed by atoms with Gasteiger partial charge in [-0.1, -0.05) is 6.07 Å². The monoisotopic (exact) mass is 375 g/mol. The minimum Gasteiger partial charge on any atom is -0.350 e. The molecule has 1 aromatic rings. The number of hydrogen-bond acceptors (Lipinski definition) is 4. The summed E-state index contributed by atoms with van der Waals surface area (Å²) < 4.78 is 13.6. The normalized spacial score (nSPS) is 12.6. The lowest BCUT2D eigenvalue weighted by atomic mass is 10.0. The molecule has 4 N–H and O–H groups in total. The molecule has 8 heteroatoms. The van der Waals surface area contributed by atoms with E-state index in [1.165, 1.54) is 23.7 Å². The Hall–Kier alpha value is -1.51. The highest BCUT2D eigenvalue weighted by Crippen LogP contribution is 2.22. The maximum absolute atomic E-state index is 13.3. The highest BCUT2D eigenvalue weighted by molar-refractivity contribution is 9.10. The van der Waals surface area contributed by atoms with Gasteiger partial charge < -0.3 is 5.32 Å². The molecule has 0 saturated heterocycles. The van der Waals surface area contributed by atoms with Gasteiger partial charge in [0.05, 0.1) is 11.0 Å². The lowest BCUT2D eigenvalue weighted by Crippen LogP contribution is -2.48. The maximum Gasteiger partial charge on any atom is 0.257 e. The van der Waals surface area contributed by atoms with Crippen molar-refractivity contribution >= 4 is 27.7 Å². The van der Waals surface area contributed by atoms with Crippen LogP contribution >= 0.6 is 15.9 Å². The van der Waals surface area contributed by atoms with E-state index in [2.05, 4.69) is 26.6 Å². The van der Waals surface area contributed by atoms with Crippen LogP contribution in [0.5, 0.6) is 0 Å². The zero-order chi connectivity index (χ0) is 16.9. The first-order valence-electron chi connectivity index (χ1n) is 6.57. The Bertz CT molecular complexity index is 561. The van der Waals surface area contributed by atoms with Gasteiger partial charge in [0, 0.05) is 5.54 Å². The molecule has 0 fully saturated rings. The zero-order valence-electron chi connectivity index (χ0n) is 12.5. The second-order valence-electron chi connectivity index (χ2n) is 5.76. The van der Waals surface area contributed by atoms with Crippen molar-refractivity contribution in [1.82, 2.24) is 16.1 Å². The summed E-state index contributed by atoms with van der Waals surface area (Å²) in [5.41, 5.74) is 1.50. The van der Waals surface area contributed by atoms with Crippen LogP contribution < -0.4 is 16.1 Å². The molecule has 0 aliphatic rings. The van der Waals surface area contributed by atoms with Crippen molar-refractivity contribution in [2.45, 2.75) is 32.4 Å². The first kappa shape index (κ1) is 18.5. The van der Waals surface area contributed by atoms with E-state index in [-0.39, 0.29) is 16.9 Å². The lowest BCUT2D eigenvalue weighted by Gasteiger charge is -2.25. The summed E-state index contributed by atoms with van der Waals surface area (Å²) in [6, 6.07) is 3.28. The molecule has 1 unspecified atom stereocenters. The van der Waals surface area contributed by atoms with Gasteiger partial charge in [0.15, 0.2) is 0 Å². The average molecular weight is 376 g/mol. The molecule has 0 heterocycles. The highest BCUT2D eigenvalue weighted by atomic mass is 79.9. The Morgan fingerprint density at radius 2 is 2.00 bits per heavy atom. The second kappa shape index (κ2) is 7.66. The summed E-state index contributed by atoms with van der Waals surface area (Å²) in [7, 11) is 0. The van der Waals surface area contributed by atoms with Crippen LogP contribution in [0.4, 0.5) is 4.39 Å². The average Bonchev–Trinajstić information content (AvgIpc) is 2.40. The number of halogens is 2. The number of amides is 2. The number of rotatable bonds is 5. The van der Waals surface area contributed by atoms with E-state index in [0.717, 1.165) is 0 Å². The highest BCUT2D eigenvalue weighted by Gasteiger charge is 2.25. The maximum atomic E-state index is 13.3. The molecule has 0 aliphatic carbocycles. The molecule has 6 nitrogen and oxygen atoms in total. The van der Waals surface area contributed by atoms with Crippen LogP contribution in [0.25, 0.3) is 0 Å². The van der Waals surface area contributed by atoms with Crippen LogP contribution in [0.15, 0.2) is 22.7 Å². The van der Waals surface area contributed by atoms with Crippen molar-refractivity contribution in [2.75, 3.05) is 6.54 Å². The van der Waals surface area contributed by atoms with E-state index in [1.807, 2.05) is 20.8 Å². The predicted octanol–water partition coefficient (Wildman–Crippen LogP) is 1.64. The molecule has 0 saturated carbocycles. The SMILES string of the molecule is CC(C)(C)NC(=O)C(NCC(=O)NO)c1ccc(F)c(Br)c1. The van der Waals surface area contributed by atoms with Gasteiger partial charge in [-0.25, -0.2) is 9.87 Å². The van der Waals surface area contributed by atoms with Gasteiger partial charge in [-0.05, 0) is 54.4 Å². The summed E-state index contributed by atoms with van der Waals surface area (Å²) in [6.45, 7) is 5.20. The zero-order valence-corrected chi connectivity index (χ0v) is 14.1. The Morgan fingerprint density at radius 1 is 1.36 bits per heavy atom. The Kier molecular flexibility index (Phi) is 6.46. The van der Waals surface area contributed by atoms with Crippen LogP contribution in [0.2, 0.25) is 0 Å². The molecule has 122 valence electrons. The number of carbonyl (C=O) groups excluding carboxylic acids is 2. The van der Waals surface area contributed by atoms with E-state index in [4.69, 9.17) is 5.21 Å². The van der Waals surface area contributed by atoms with Crippen molar-refractivity contribution in [3.05, 3.63) is 34.1 Å². The smallest absolute Gasteiger partial charge is 0.257 e. The molecule has 2 amide bonds. The Balaban J connectivity index is 3.01. The number of hydroxylamine groups is 1. The first-order chi connectivity index (χ1) is 10.1. The van der Waals surface area contributed by atoms with Crippen molar-refractivity contribution in [1.29, 1.82) is 0 Å². The van der Waals surface area contributed by atoms with Crippen LogP contribution in [-0.2, 0) is 9.59 Å². The molecule has 22 heavy (non-hydrogen) atoms. The fraction of sp³-hybridized carbons (Fsp3) is 0.429. The summed E-state index contributed by atoms with van der Waals surface area (Å²) >= 11 is 3.06. The van der Waals surface area contributed by atoms with Gasteiger partial charge in [-0.15, -0.1) is 0 Å². The number of nitrogens with one attached hydrogen (secondary N) is 3. The topological polar surface area (TPSA) is 90.5 Å². The fourth-order valence-electron chi connectivity index (χ4n) is 1.73. The molecule has 0 aromatic heterocycles. The van der Waals surface area contributed by atoms with Crippen molar-refractivity contribution in [2.24, 2.45) is 0 Å². The second-order valence-corrected chi connectivity index (χ2v) is 6.62. The molecule has 1 atom stereocenters. The largest absolute Gasteiger partial charge is 0.350 e. The minimum atomic E-state index is -0.867. The molecule has 1 rings (SSSR count). The van der Waals surface area contributed by atoms with Gasteiger partial charge in [0.25, 0.3) is 5.91 Å². The molecular weight excluding hydrogens is 357 g/mol. The van der Waals surface area contributed by atoms with Crippen molar-refractivity contribution < 1.29 is 19.2 Å². The van der Waals surface area contributed by atoms with Gasteiger partial charge >= 0.3 is 0 Å². The van der Waals surface area contributed by atoms with E-state index in [9.17, 15) is 14.0 Å². The first-order valence-corrected chi connectivity index (χ1v) is 7.36. The molecule has 0 radical (unpaired) electrons. The molecule has 0 bridgehead atoms. The molecule has 1 aromatic carbocycles. The third kappa shape index (κ3) is 5.70. The molecular formula is C14H19BrFN3O3. The Labute approximate surface area is 136 Å².